The van der Waals surface area contributed by atoms with E-state index in [0.29, 0.717) is 11.6 Å². The van der Waals surface area contributed by atoms with Crippen molar-refractivity contribution in [1.29, 1.82) is 5.26 Å². The van der Waals surface area contributed by atoms with Crippen LogP contribution in [0.1, 0.15) is 19.8 Å². The highest BCUT2D eigenvalue weighted by atomic mass is 35.5. The fourth-order valence-corrected chi connectivity index (χ4v) is 2.63. The summed E-state index contributed by atoms with van der Waals surface area (Å²) in [5.41, 5.74) is -0.334. The molecule has 5 heteroatoms. The SMILES string of the molecule is CC1(C#N)CCCN(C2C=C(Cl)C=NC2O)C1. The van der Waals surface area contributed by atoms with E-state index in [-0.39, 0.29) is 11.5 Å². The lowest BCUT2D eigenvalue weighted by atomic mass is 9.82. The minimum absolute atomic E-state index is 0.208. The van der Waals surface area contributed by atoms with Crippen LogP contribution in [0.25, 0.3) is 0 Å². The summed E-state index contributed by atoms with van der Waals surface area (Å²) in [5.74, 6) is 0. The van der Waals surface area contributed by atoms with E-state index in [9.17, 15) is 10.4 Å². The van der Waals surface area contributed by atoms with Crippen molar-refractivity contribution in [3.63, 3.8) is 0 Å². The summed E-state index contributed by atoms with van der Waals surface area (Å²) in [6.45, 7) is 3.49. The van der Waals surface area contributed by atoms with E-state index in [2.05, 4.69) is 16.0 Å². The van der Waals surface area contributed by atoms with Gasteiger partial charge in [-0.1, -0.05) is 11.6 Å². The smallest absolute Gasteiger partial charge is 0.164 e. The molecule has 0 aromatic carbocycles. The Morgan fingerprint density at radius 2 is 2.47 bits per heavy atom. The van der Waals surface area contributed by atoms with Gasteiger partial charge in [0.05, 0.1) is 22.6 Å². The standard InChI is InChI=1S/C12H16ClN3O/c1-12(7-14)3-2-4-16(8-12)10-5-9(13)6-15-11(10)17/h5-6,10-11,17H,2-4,8H2,1H3. The number of aliphatic hydroxyl groups excluding tert-OH is 1. The summed E-state index contributed by atoms with van der Waals surface area (Å²) in [6.07, 6.45) is 4.36. The van der Waals surface area contributed by atoms with Crippen LogP contribution in [0.5, 0.6) is 0 Å². The van der Waals surface area contributed by atoms with Crippen molar-refractivity contribution in [2.24, 2.45) is 10.4 Å². The Morgan fingerprint density at radius 1 is 1.71 bits per heavy atom. The van der Waals surface area contributed by atoms with Crippen molar-refractivity contribution >= 4 is 17.8 Å². The molecular formula is C12H16ClN3O. The Bertz CT molecular complexity index is 401. The van der Waals surface area contributed by atoms with Gasteiger partial charge < -0.3 is 5.11 Å². The maximum absolute atomic E-state index is 9.86. The highest BCUT2D eigenvalue weighted by Gasteiger charge is 2.36. The number of likely N-dealkylation sites (tertiary alicyclic amines) is 1. The van der Waals surface area contributed by atoms with Crippen molar-refractivity contribution in [2.75, 3.05) is 13.1 Å². The second-order valence-corrected chi connectivity index (χ2v) is 5.42. The van der Waals surface area contributed by atoms with Crippen molar-refractivity contribution in [3.05, 3.63) is 11.1 Å². The maximum atomic E-state index is 9.86. The number of nitrogens with zero attached hydrogens (tertiary/aromatic N) is 3. The molecular weight excluding hydrogens is 238 g/mol. The Morgan fingerprint density at radius 3 is 3.18 bits per heavy atom. The fraction of sp³-hybridized carbons (Fsp3) is 0.667. The van der Waals surface area contributed by atoms with Gasteiger partial charge in [0.25, 0.3) is 0 Å². The van der Waals surface area contributed by atoms with Crippen molar-refractivity contribution < 1.29 is 5.11 Å². The number of aliphatic hydroxyl groups is 1. The average Bonchev–Trinajstić information content (AvgIpc) is 2.32. The maximum Gasteiger partial charge on any atom is 0.164 e. The normalized spacial score (nSPS) is 38.6. The highest BCUT2D eigenvalue weighted by Crippen LogP contribution is 2.31. The lowest BCUT2D eigenvalue weighted by Gasteiger charge is -2.41. The average molecular weight is 254 g/mol. The molecule has 92 valence electrons. The van der Waals surface area contributed by atoms with Crippen LogP contribution >= 0.6 is 11.6 Å². The molecule has 2 rings (SSSR count). The van der Waals surface area contributed by atoms with Gasteiger partial charge in [-0.15, -0.1) is 0 Å². The van der Waals surface area contributed by atoms with Crippen LogP contribution in [0.15, 0.2) is 16.1 Å². The molecule has 0 saturated carbocycles. The first-order valence-corrected chi connectivity index (χ1v) is 6.16. The predicted octanol–water partition coefficient (Wildman–Crippen LogP) is 1.51. The first-order chi connectivity index (χ1) is 8.04. The molecule has 0 radical (unpaired) electrons. The second-order valence-electron chi connectivity index (χ2n) is 4.98. The molecule has 1 fully saturated rings. The largest absolute Gasteiger partial charge is 0.370 e. The number of allylic oxidation sites excluding steroid dienone is 1. The lowest BCUT2D eigenvalue weighted by Crippen LogP contribution is -2.50. The summed E-state index contributed by atoms with van der Waals surface area (Å²) >= 11 is 5.91. The minimum Gasteiger partial charge on any atom is -0.370 e. The second kappa shape index (κ2) is 4.77. The number of aliphatic imine (C=N–C) groups is 1. The van der Waals surface area contributed by atoms with Crippen LogP contribution in [0.2, 0.25) is 0 Å². The van der Waals surface area contributed by atoms with E-state index >= 15 is 0 Å². The zero-order chi connectivity index (χ0) is 12.5. The van der Waals surface area contributed by atoms with Crippen molar-refractivity contribution in [2.45, 2.75) is 32.0 Å². The Labute approximate surface area is 106 Å². The molecule has 0 aromatic heterocycles. The summed E-state index contributed by atoms with van der Waals surface area (Å²) in [6, 6.07) is 2.15. The molecule has 17 heavy (non-hydrogen) atoms. The molecule has 2 aliphatic heterocycles. The third-order valence-corrected chi connectivity index (χ3v) is 3.63. The number of nitriles is 1. The number of hydrogen-bond acceptors (Lipinski definition) is 4. The predicted molar refractivity (Wildman–Crippen MR) is 66.7 cm³/mol. The van der Waals surface area contributed by atoms with Gasteiger partial charge >= 0.3 is 0 Å². The molecule has 3 atom stereocenters. The molecule has 2 heterocycles. The molecule has 3 unspecified atom stereocenters. The van der Waals surface area contributed by atoms with Gasteiger partial charge in [-0.25, -0.2) is 0 Å². The van der Waals surface area contributed by atoms with E-state index in [1.165, 1.54) is 6.21 Å². The van der Waals surface area contributed by atoms with Crippen LogP contribution < -0.4 is 0 Å². The third kappa shape index (κ3) is 2.68. The zero-order valence-corrected chi connectivity index (χ0v) is 10.6. The fourth-order valence-electron chi connectivity index (χ4n) is 2.45. The van der Waals surface area contributed by atoms with Gasteiger partial charge in [-0.2, -0.15) is 5.26 Å². The number of hydrogen-bond donors (Lipinski definition) is 1. The molecule has 0 amide bonds. The van der Waals surface area contributed by atoms with Gasteiger partial charge in [0.1, 0.15) is 0 Å². The molecule has 0 aliphatic carbocycles. The van der Waals surface area contributed by atoms with Crippen molar-refractivity contribution in [3.8, 4) is 6.07 Å². The Kier molecular flexibility index (Phi) is 3.53. The summed E-state index contributed by atoms with van der Waals surface area (Å²) in [4.78, 5) is 6.04. The summed E-state index contributed by atoms with van der Waals surface area (Å²) < 4.78 is 0. The zero-order valence-electron chi connectivity index (χ0n) is 9.80. The molecule has 2 aliphatic rings. The van der Waals surface area contributed by atoms with Gasteiger partial charge in [0.2, 0.25) is 0 Å². The van der Waals surface area contributed by atoms with E-state index < -0.39 is 6.23 Å². The van der Waals surface area contributed by atoms with Crippen LogP contribution in [-0.2, 0) is 0 Å². The monoisotopic (exact) mass is 253 g/mol. The van der Waals surface area contributed by atoms with Crippen LogP contribution in [0.4, 0.5) is 0 Å². The quantitative estimate of drug-likeness (QED) is 0.771. The van der Waals surface area contributed by atoms with E-state index in [0.717, 1.165) is 19.4 Å². The Hall–Kier alpha value is -0.890. The van der Waals surface area contributed by atoms with Gasteiger partial charge in [-0.05, 0) is 32.4 Å². The van der Waals surface area contributed by atoms with E-state index in [1.807, 2.05) is 13.0 Å². The topological polar surface area (TPSA) is 59.6 Å². The summed E-state index contributed by atoms with van der Waals surface area (Å²) in [5, 5.41) is 19.6. The van der Waals surface area contributed by atoms with Crippen molar-refractivity contribution in [1.82, 2.24) is 4.90 Å². The molecule has 0 aromatic rings. The van der Waals surface area contributed by atoms with Crippen LogP contribution in [0, 0.1) is 16.7 Å². The lowest BCUT2D eigenvalue weighted by molar-refractivity contribution is 0.0402. The van der Waals surface area contributed by atoms with Gasteiger partial charge in [-0.3, -0.25) is 9.89 Å². The number of rotatable bonds is 1. The first kappa shape index (κ1) is 12.6. The number of halogens is 1. The number of piperidine rings is 1. The van der Waals surface area contributed by atoms with Crippen LogP contribution in [0.3, 0.4) is 0 Å². The summed E-state index contributed by atoms with van der Waals surface area (Å²) in [7, 11) is 0. The molecule has 1 saturated heterocycles. The Balaban J connectivity index is 2.13. The number of dihydropyridines is 1. The van der Waals surface area contributed by atoms with Gasteiger partial charge in [0.15, 0.2) is 6.23 Å². The van der Waals surface area contributed by atoms with E-state index in [4.69, 9.17) is 11.6 Å². The van der Waals surface area contributed by atoms with Gasteiger partial charge in [0, 0.05) is 12.8 Å². The van der Waals surface area contributed by atoms with Crippen LogP contribution in [-0.4, -0.2) is 41.6 Å². The molecule has 0 bridgehead atoms. The molecule has 4 nitrogen and oxygen atoms in total. The molecule has 1 N–H and O–H groups in total. The third-order valence-electron chi connectivity index (χ3n) is 3.40. The van der Waals surface area contributed by atoms with E-state index in [1.54, 1.807) is 0 Å². The highest BCUT2D eigenvalue weighted by molar-refractivity contribution is 6.39. The minimum atomic E-state index is -0.779. The first-order valence-electron chi connectivity index (χ1n) is 5.78. The molecule has 0 spiro atoms.